The van der Waals surface area contributed by atoms with Gasteiger partial charge in [0.2, 0.25) is 5.91 Å². The van der Waals surface area contributed by atoms with Crippen LogP contribution in [0.2, 0.25) is 0 Å². The molecule has 0 saturated carbocycles. The minimum Gasteiger partial charge on any atom is -0.328 e. The van der Waals surface area contributed by atoms with Crippen LogP contribution in [0.4, 0.5) is 10.1 Å². The van der Waals surface area contributed by atoms with Crippen molar-refractivity contribution in [2.45, 2.75) is 19.4 Å². The van der Waals surface area contributed by atoms with E-state index < -0.39 is 16.6 Å². The Kier molecular flexibility index (Phi) is 5.94. The summed E-state index contributed by atoms with van der Waals surface area (Å²) in [5.74, 6) is -0.508. The normalized spacial score (nSPS) is 13.9. The largest absolute Gasteiger partial charge is 0.328 e. The Balaban J connectivity index is 2.40. The van der Waals surface area contributed by atoms with Gasteiger partial charge in [-0.05, 0) is 31.5 Å². The lowest BCUT2D eigenvalue weighted by molar-refractivity contribution is -0.113. The van der Waals surface area contributed by atoms with Gasteiger partial charge in [-0.25, -0.2) is 4.39 Å². The molecule has 0 fully saturated rings. The van der Waals surface area contributed by atoms with Gasteiger partial charge < -0.3 is 11.1 Å². The topological polar surface area (TPSA) is 72.2 Å². The van der Waals surface area contributed by atoms with Crippen molar-refractivity contribution in [1.29, 1.82) is 0 Å². The number of carbonyl (C=O) groups excluding carboxylic acids is 1. The quantitative estimate of drug-likeness (QED) is 0.818. The predicted molar refractivity (Wildman–Crippen MR) is 71.2 cm³/mol. The van der Waals surface area contributed by atoms with Gasteiger partial charge >= 0.3 is 0 Å². The highest BCUT2D eigenvalue weighted by Crippen LogP contribution is 2.08. The van der Waals surface area contributed by atoms with E-state index in [9.17, 15) is 13.4 Å². The molecule has 100 valence electrons. The van der Waals surface area contributed by atoms with Gasteiger partial charge in [0.25, 0.3) is 0 Å². The molecule has 0 aliphatic heterocycles. The summed E-state index contributed by atoms with van der Waals surface area (Å²) in [5, 5.41) is 2.50. The fraction of sp³-hybridized carbons (Fsp3) is 0.417. The molecule has 4 nitrogen and oxygen atoms in total. The second-order valence-corrected chi connectivity index (χ2v) is 5.69. The van der Waals surface area contributed by atoms with E-state index in [4.69, 9.17) is 5.73 Å². The standard InChI is InChI=1S/C12H17FN2O2S/c1-9(14)5-6-18(17)8-12(16)15-11-4-2-3-10(13)7-11/h2-4,7,9H,5-6,8,14H2,1H3,(H,15,16). The van der Waals surface area contributed by atoms with E-state index in [0.717, 1.165) is 0 Å². The number of hydrogen-bond acceptors (Lipinski definition) is 3. The number of hydrogen-bond donors (Lipinski definition) is 2. The van der Waals surface area contributed by atoms with Gasteiger partial charge in [-0.2, -0.15) is 0 Å². The van der Waals surface area contributed by atoms with Gasteiger partial charge in [0.15, 0.2) is 0 Å². The first-order chi connectivity index (χ1) is 8.47. The maximum absolute atomic E-state index is 12.9. The van der Waals surface area contributed by atoms with Gasteiger partial charge in [0, 0.05) is 28.3 Å². The maximum atomic E-state index is 12.9. The summed E-state index contributed by atoms with van der Waals surface area (Å²) >= 11 is 0. The summed E-state index contributed by atoms with van der Waals surface area (Å²) < 4.78 is 24.4. The molecular weight excluding hydrogens is 255 g/mol. The van der Waals surface area contributed by atoms with Crippen LogP contribution in [0.5, 0.6) is 0 Å². The van der Waals surface area contributed by atoms with E-state index in [1.165, 1.54) is 18.2 Å². The van der Waals surface area contributed by atoms with Crippen LogP contribution in [0.15, 0.2) is 24.3 Å². The van der Waals surface area contributed by atoms with E-state index in [0.29, 0.717) is 17.9 Å². The lowest BCUT2D eigenvalue weighted by atomic mass is 10.3. The zero-order chi connectivity index (χ0) is 13.5. The van der Waals surface area contributed by atoms with Crippen molar-refractivity contribution in [2.75, 3.05) is 16.8 Å². The number of halogens is 1. The Morgan fingerprint density at radius 1 is 1.56 bits per heavy atom. The van der Waals surface area contributed by atoms with Crippen LogP contribution >= 0.6 is 0 Å². The van der Waals surface area contributed by atoms with Crippen molar-refractivity contribution in [3.63, 3.8) is 0 Å². The average Bonchev–Trinajstić information content (AvgIpc) is 2.26. The van der Waals surface area contributed by atoms with Crippen LogP contribution in [-0.2, 0) is 15.6 Å². The summed E-state index contributed by atoms with van der Waals surface area (Å²) in [4.78, 5) is 11.5. The van der Waals surface area contributed by atoms with E-state index in [2.05, 4.69) is 5.32 Å². The monoisotopic (exact) mass is 272 g/mol. The van der Waals surface area contributed by atoms with Gasteiger partial charge in [0.05, 0.1) is 0 Å². The first-order valence-electron chi connectivity index (χ1n) is 5.63. The van der Waals surface area contributed by atoms with E-state index >= 15 is 0 Å². The average molecular weight is 272 g/mol. The summed E-state index contributed by atoms with van der Waals surface area (Å²) in [7, 11) is -1.24. The maximum Gasteiger partial charge on any atom is 0.236 e. The molecule has 1 rings (SSSR count). The lowest BCUT2D eigenvalue weighted by Gasteiger charge is -2.06. The smallest absolute Gasteiger partial charge is 0.236 e. The van der Waals surface area contributed by atoms with Gasteiger partial charge in [-0.3, -0.25) is 9.00 Å². The summed E-state index contributed by atoms with van der Waals surface area (Å²) in [6.45, 7) is 1.82. The number of carbonyl (C=O) groups is 1. The highest BCUT2D eigenvalue weighted by Gasteiger charge is 2.09. The fourth-order valence-electron chi connectivity index (χ4n) is 1.30. The number of nitrogens with two attached hydrogens (primary N) is 1. The van der Waals surface area contributed by atoms with E-state index in [1.807, 2.05) is 6.92 Å². The van der Waals surface area contributed by atoms with Crippen LogP contribution in [0, 0.1) is 5.82 Å². The first kappa shape index (κ1) is 14.8. The molecule has 0 saturated heterocycles. The SMILES string of the molecule is CC(N)CCS(=O)CC(=O)Nc1cccc(F)c1. The molecule has 1 aromatic rings. The second-order valence-electron chi connectivity index (χ2n) is 4.11. The van der Waals surface area contributed by atoms with Crippen molar-refractivity contribution in [3.8, 4) is 0 Å². The zero-order valence-corrected chi connectivity index (χ0v) is 11.0. The Bertz CT molecular complexity index is 438. The molecule has 0 bridgehead atoms. The molecule has 0 heterocycles. The van der Waals surface area contributed by atoms with Crippen LogP contribution in [-0.4, -0.2) is 27.7 Å². The Labute approximate surface area is 108 Å². The highest BCUT2D eigenvalue weighted by molar-refractivity contribution is 7.85. The lowest BCUT2D eigenvalue weighted by Crippen LogP contribution is -2.23. The van der Waals surface area contributed by atoms with Crippen molar-refractivity contribution in [1.82, 2.24) is 0 Å². The van der Waals surface area contributed by atoms with Crippen molar-refractivity contribution >= 4 is 22.4 Å². The summed E-state index contributed by atoms with van der Waals surface area (Å²) in [5.41, 5.74) is 5.90. The molecule has 0 aromatic heterocycles. The third-order valence-electron chi connectivity index (χ3n) is 2.20. The van der Waals surface area contributed by atoms with Crippen molar-refractivity contribution in [3.05, 3.63) is 30.1 Å². The van der Waals surface area contributed by atoms with Crippen molar-refractivity contribution in [2.24, 2.45) is 5.73 Å². The molecule has 2 unspecified atom stereocenters. The van der Waals surface area contributed by atoms with Gasteiger partial charge in [-0.15, -0.1) is 0 Å². The highest BCUT2D eigenvalue weighted by atomic mass is 32.2. The minimum absolute atomic E-state index is 0.0276. The molecule has 0 spiro atoms. The first-order valence-corrected chi connectivity index (χ1v) is 7.12. The van der Waals surface area contributed by atoms with E-state index in [1.54, 1.807) is 6.07 Å². The molecule has 3 N–H and O–H groups in total. The number of amides is 1. The fourth-order valence-corrected chi connectivity index (χ4v) is 2.44. The van der Waals surface area contributed by atoms with E-state index in [-0.39, 0.29) is 17.7 Å². The summed E-state index contributed by atoms with van der Waals surface area (Å²) in [6, 6.07) is 5.54. The molecule has 0 aliphatic carbocycles. The Hall–Kier alpha value is -1.27. The summed E-state index contributed by atoms with van der Waals surface area (Å²) in [6.07, 6.45) is 0.611. The van der Waals surface area contributed by atoms with Gasteiger partial charge in [-0.1, -0.05) is 6.07 Å². The Morgan fingerprint density at radius 3 is 2.89 bits per heavy atom. The Morgan fingerprint density at radius 2 is 2.28 bits per heavy atom. The number of anilines is 1. The molecule has 0 radical (unpaired) electrons. The molecule has 2 atom stereocenters. The number of nitrogens with one attached hydrogen (secondary N) is 1. The van der Waals surface area contributed by atoms with Crippen LogP contribution in [0.1, 0.15) is 13.3 Å². The van der Waals surface area contributed by atoms with Crippen LogP contribution in [0.25, 0.3) is 0 Å². The predicted octanol–water partition coefficient (Wildman–Crippen LogP) is 1.25. The van der Waals surface area contributed by atoms with Crippen LogP contribution in [0.3, 0.4) is 0 Å². The molecule has 6 heteroatoms. The second kappa shape index (κ2) is 7.23. The van der Waals surface area contributed by atoms with Crippen molar-refractivity contribution < 1.29 is 13.4 Å². The van der Waals surface area contributed by atoms with Crippen LogP contribution < -0.4 is 11.1 Å². The molecular formula is C12H17FN2O2S. The minimum atomic E-state index is -1.24. The molecule has 18 heavy (non-hydrogen) atoms. The third-order valence-corrected chi connectivity index (χ3v) is 3.48. The molecule has 1 amide bonds. The number of rotatable bonds is 6. The zero-order valence-electron chi connectivity index (χ0n) is 10.2. The van der Waals surface area contributed by atoms with Gasteiger partial charge in [0.1, 0.15) is 11.6 Å². The molecule has 0 aliphatic rings. The number of benzene rings is 1. The molecule has 1 aromatic carbocycles. The third kappa shape index (κ3) is 5.88.